The van der Waals surface area contributed by atoms with Gasteiger partial charge in [0.1, 0.15) is 4.70 Å². The van der Waals surface area contributed by atoms with Gasteiger partial charge in [-0.25, -0.2) is 4.98 Å². The number of fused-ring (bicyclic) bond motifs is 2. The molecule has 0 saturated carbocycles. The number of thiophene rings is 1. The average Bonchev–Trinajstić information content (AvgIpc) is 3.36. The maximum absolute atomic E-state index is 12.6. The highest BCUT2D eigenvalue weighted by atomic mass is 32.2. The molecule has 0 unspecified atom stereocenters. The lowest BCUT2D eigenvalue weighted by atomic mass is 10.2. The molecule has 28 heavy (non-hydrogen) atoms. The highest BCUT2D eigenvalue weighted by Crippen LogP contribution is 2.32. The summed E-state index contributed by atoms with van der Waals surface area (Å²) < 4.78 is 13.0. The van der Waals surface area contributed by atoms with Crippen LogP contribution in [0.3, 0.4) is 0 Å². The van der Waals surface area contributed by atoms with E-state index in [-0.39, 0.29) is 24.0 Å². The van der Waals surface area contributed by atoms with Crippen LogP contribution in [0.2, 0.25) is 0 Å². The molecule has 0 saturated heterocycles. The SMILES string of the molecule is CCCn1c(SCC(=O)NCc2ccc3c(c2)OCO3)nc2ccsc2c1=O. The summed E-state index contributed by atoms with van der Waals surface area (Å²) in [5, 5.41) is 5.33. The molecule has 4 rings (SSSR count). The van der Waals surface area contributed by atoms with Gasteiger partial charge < -0.3 is 14.8 Å². The number of benzene rings is 1. The quantitative estimate of drug-likeness (QED) is 0.470. The number of aromatic nitrogens is 2. The predicted molar refractivity (Wildman–Crippen MR) is 109 cm³/mol. The highest BCUT2D eigenvalue weighted by molar-refractivity contribution is 7.99. The van der Waals surface area contributed by atoms with Crippen LogP contribution in [-0.2, 0) is 17.9 Å². The maximum atomic E-state index is 12.6. The molecule has 2 aromatic heterocycles. The topological polar surface area (TPSA) is 82.5 Å². The molecule has 1 aliphatic heterocycles. The van der Waals surface area contributed by atoms with Crippen LogP contribution in [0.1, 0.15) is 18.9 Å². The number of ether oxygens (including phenoxy) is 2. The molecule has 3 heterocycles. The number of carbonyl (C=O) groups excluding carboxylic acids is 1. The van der Waals surface area contributed by atoms with Gasteiger partial charge in [-0.15, -0.1) is 11.3 Å². The summed E-state index contributed by atoms with van der Waals surface area (Å²) in [6.45, 7) is 3.22. The molecular weight excluding hydrogens is 398 g/mol. The van der Waals surface area contributed by atoms with Crippen LogP contribution in [0.5, 0.6) is 11.5 Å². The van der Waals surface area contributed by atoms with Crippen LogP contribution in [0.15, 0.2) is 39.6 Å². The molecule has 146 valence electrons. The van der Waals surface area contributed by atoms with Crippen LogP contribution < -0.4 is 20.3 Å². The lowest BCUT2D eigenvalue weighted by molar-refractivity contribution is -0.118. The van der Waals surface area contributed by atoms with Gasteiger partial charge in [0.15, 0.2) is 16.7 Å². The molecule has 0 fully saturated rings. The van der Waals surface area contributed by atoms with Crippen molar-refractivity contribution in [2.75, 3.05) is 12.5 Å². The van der Waals surface area contributed by atoms with Crippen LogP contribution in [0.25, 0.3) is 10.2 Å². The number of nitrogens with zero attached hydrogens (tertiary/aromatic N) is 2. The van der Waals surface area contributed by atoms with Crippen LogP contribution >= 0.6 is 23.1 Å². The molecule has 0 bridgehead atoms. The van der Waals surface area contributed by atoms with Crippen molar-refractivity contribution in [2.45, 2.75) is 31.6 Å². The molecule has 1 aromatic carbocycles. The average molecular weight is 418 g/mol. The molecule has 1 amide bonds. The van der Waals surface area contributed by atoms with E-state index in [4.69, 9.17) is 9.47 Å². The van der Waals surface area contributed by atoms with Crippen LogP contribution in [-0.4, -0.2) is 28.0 Å². The second-order valence-corrected chi connectivity index (χ2v) is 8.10. The Morgan fingerprint density at radius 2 is 2.18 bits per heavy atom. The molecule has 9 heteroatoms. The summed E-state index contributed by atoms with van der Waals surface area (Å²) >= 11 is 2.68. The van der Waals surface area contributed by atoms with Crippen molar-refractivity contribution in [3.8, 4) is 11.5 Å². The molecule has 1 aliphatic rings. The Bertz CT molecular complexity index is 1080. The van der Waals surface area contributed by atoms with Gasteiger partial charge in [0.05, 0.1) is 11.3 Å². The van der Waals surface area contributed by atoms with E-state index in [1.54, 1.807) is 4.57 Å². The van der Waals surface area contributed by atoms with Crippen molar-refractivity contribution in [3.63, 3.8) is 0 Å². The first-order chi connectivity index (χ1) is 13.7. The van der Waals surface area contributed by atoms with Crippen LogP contribution in [0.4, 0.5) is 0 Å². The number of nitrogens with one attached hydrogen (secondary N) is 1. The molecule has 3 aromatic rings. The third kappa shape index (κ3) is 3.85. The second-order valence-electron chi connectivity index (χ2n) is 6.24. The normalized spacial score (nSPS) is 12.5. The highest BCUT2D eigenvalue weighted by Gasteiger charge is 2.15. The van der Waals surface area contributed by atoms with E-state index in [0.29, 0.717) is 34.2 Å². The van der Waals surface area contributed by atoms with E-state index in [2.05, 4.69) is 10.3 Å². The second kappa shape index (κ2) is 8.24. The van der Waals surface area contributed by atoms with Crippen LogP contribution in [0, 0.1) is 0 Å². The monoisotopic (exact) mass is 417 g/mol. The summed E-state index contributed by atoms with van der Waals surface area (Å²) in [5.41, 5.74) is 1.58. The van der Waals surface area contributed by atoms with Gasteiger partial charge >= 0.3 is 0 Å². The first-order valence-electron chi connectivity index (χ1n) is 8.91. The smallest absolute Gasteiger partial charge is 0.272 e. The largest absolute Gasteiger partial charge is 0.454 e. The predicted octanol–water partition coefficient (Wildman–Crippen LogP) is 3.01. The fourth-order valence-corrected chi connectivity index (χ4v) is 4.52. The number of rotatable bonds is 7. The first-order valence-corrected chi connectivity index (χ1v) is 10.8. The summed E-state index contributed by atoms with van der Waals surface area (Å²) in [7, 11) is 0. The Balaban J connectivity index is 1.40. The lowest BCUT2D eigenvalue weighted by Crippen LogP contribution is -2.26. The first kappa shape index (κ1) is 18.8. The van der Waals surface area contributed by atoms with E-state index in [1.807, 2.05) is 36.6 Å². The Morgan fingerprint density at radius 3 is 3.04 bits per heavy atom. The zero-order valence-electron chi connectivity index (χ0n) is 15.3. The van der Waals surface area contributed by atoms with E-state index < -0.39 is 0 Å². The van der Waals surface area contributed by atoms with E-state index >= 15 is 0 Å². The molecule has 0 aliphatic carbocycles. The summed E-state index contributed by atoms with van der Waals surface area (Å²) in [6, 6.07) is 7.43. The number of hydrogen-bond donors (Lipinski definition) is 1. The zero-order chi connectivity index (χ0) is 19.5. The van der Waals surface area contributed by atoms with Gasteiger partial charge in [-0.3, -0.25) is 14.2 Å². The van der Waals surface area contributed by atoms with Crippen molar-refractivity contribution in [2.24, 2.45) is 0 Å². The minimum Gasteiger partial charge on any atom is -0.454 e. The fourth-order valence-electron chi connectivity index (χ4n) is 2.89. The lowest BCUT2D eigenvalue weighted by Gasteiger charge is -2.11. The van der Waals surface area contributed by atoms with Gasteiger partial charge in [0.25, 0.3) is 5.56 Å². The van der Waals surface area contributed by atoms with Crippen molar-refractivity contribution in [1.82, 2.24) is 14.9 Å². The molecular formula is C19H19N3O4S2. The third-order valence-corrected chi connectivity index (χ3v) is 6.11. The maximum Gasteiger partial charge on any atom is 0.272 e. The number of amides is 1. The summed E-state index contributed by atoms with van der Waals surface area (Å²) in [6.07, 6.45) is 0.822. The van der Waals surface area contributed by atoms with E-state index in [9.17, 15) is 9.59 Å². The molecule has 7 nitrogen and oxygen atoms in total. The fraction of sp³-hybridized carbons (Fsp3) is 0.316. The standard InChI is InChI=1S/C19H19N3O4S2/c1-2-6-22-18(24)17-13(5-7-27-17)21-19(22)28-10-16(23)20-9-12-3-4-14-15(8-12)26-11-25-14/h3-5,7-8H,2,6,9-11H2,1H3,(H,20,23). The van der Waals surface area contributed by atoms with Gasteiger partial charge in [-0.1, -0.05) is 24.8 Å². The third-order valence-electron chi connectivity index (χ3n) is 4.24. The molecule has 1 N–H and O–H groups in total. The minimum atomic E-state index is -0.120. The summed E-state index contributed by atoms with van der Waals surface area (Å²) in [4.78, 5) is 29.5. The summed E-state index contributed by atoms with van der Waals surface area (Å²) in [5.74, 6) is 1.48. The van der Waals surface area contributed by atoms with Crippen molar-refractivity contribution in [1.29, 1.82) is 0 Å². The minimum absolute atomic E-state index is 0.0369. The van der Waals surface area contributed by atoms with Gasteiger partial charge in [0.2, 0.25) is 12.7 Å². The molecule has 0 atom stereocenters. The Hall–Kier alpha value is -2.52. The Morgan fingerprint density at radius 1 is 1.32 bits per heavy atom. The van der Waals surface area contributed by atoms with Gasteiger partial charge in [-0.05, 0) is 35.6 Å². The number of hydrogen-bond acceptors (Lipinski definition) is 7. The van der Waals surface area contributed by atoms with E-state index in [0.717, 1.165) is 17.7 Å². The Labute approximate surface area is 169 Å². The zero-order valence-corrected chi connectivity index (χ0v) is 16.9. The number of thioether (sulfide) groups is 1. The van der Waals surface area contributed by atoms with Crippen molar-refractivity contribution in [3.05, 3.63) is 45.6 Å². The van der Waals surface area contributed by atoms with Gasteiger partial charge in [-0.2, -0.15) is 0 Å². The number of carbonyl (C=O) groups is 1. The molecule has 0 spiro atoms. The van der Waals surface area contributed by atoms with E-state index in [1.165, 1.54) is 23.1 Å². The van der Waals surface area contributed by atoms with Crippen molar-refractivity contribution < 1.29 is 14.3 Å². The Kier molecular flexibility index (Phi) is 5.54. The van der Waals surface area contributed by atoms with Crippen molar-refractivity contribution >= 4 is 39.2 Å². The molecule has 0 radical (unpaired) electrons. The van der Waals surface area contributed by atoms with Gasteiger partial charge in [0, 0.05) is 13.1 Å².